The lowest BCUT2D eigenvalue weighted by Crippen LogP contribution is -1.99. The molecule has 0 N–H and O–H groups in total. The maximum absolute atomic E-state index is 8.53. The van der Waals surface area contributed by atoms with Crippen molar-refractivity contribution in [1.29, 1.82) is 5.26 Å². The summed E-state index contributed by atoms with van der Waals surface area (Å²) in [5.74, 6) is 0.904. The normalized spacial score (nSPS) is 10.3. The van der Waals surface area contributed by atoms with Crippen molar-refractivity contribution >= 4 is 11.6 Å². The zero-order valence-electron chi connectivity index (χ0n) is 9.26. The summed E-state index contributed by atoms with van der Waals surface area (Å²) in [6, 6.07) is 2.12. The Morgan fingerprint density at radius 3 is 2.87 bits per heavy atom. The largest absolute Gasteiger partial charge is 0.318 e. The van der Waals surface area contributed by atoms with E-state index in [0.717, 1.165) is 30.8 Å². The van der Waals surface area contributed by atoms with Crippen molar-refractivity contribution in [3.63, 3.8) is 0 Å². The molecule has 0 aliphatic carbocycles. The van der Waals surface area contributed by atoms with Gasteiger partial charge in [0.2, 0.25) is 0 Å². The van der Waals surface area contributed by atoms with Gasteiger partial charge in [-0.25, -0.2) is 4.98 Å². The van der Waals surface area contributed by atoms with Crippen LogP contribution < -0.4 is 0 Å². The molecule has 0 spiro atoms. The van der Waals surface area contributed by atoms with Gasteiger partial charge in [-0.05, 0) is 19.8 Å². The van der Waals surface area contributed by atoms with Crippen LogP contribution in [0.15, 0.2) is 0 Å². The third kappa shape index (κ3) is 2.97. The van der Waals surface area contributed by atoms with Crippen LogP contribution in [0.25, 0.3) is 0 Å². The summed E-state index contributed by atoms with van der Waals surface area (Å²) in [6.45, 7) is 4.71. The predicted octanol–water partition coefficient (Wildman–Crippen LogP) is 3.10. The number of halogens is 1. The molecule has 0 bridgehead atoms. The molecule has 0 saturated carbocycles. The molecule has 0 radical (unpaired) electrons. The van der Waals surface area contributed by atoms with Crippen LogP contribution in [-0.4, -0.2) is 9.55 Å². The van der Waals surface area contributed by atoms with Crippen LogP contribution in [0.4, 0.5) is 0 Å². The van der Waals surface area contributed by atoms with Crippen molar-refractivity contribution in [3.05, 3.63) is 16.7 Å². The molecular weight excluding hydrogens is 210 g/mol. The van der Waals surface area contributed by atoms with Gasteiger partial charge < -0.3 is 4.57 Å². The van der Waals surface area contributed by atoms with Crippen molar-refractivity contribution in [3.8, 4) is 6.07 Å². The maximum Gasteiger partial charge on any atom is 0.132 e. The Hall–Kier alpha value is -1.01. The molecular formula is C11H16ClN3. The molecule has 0 saturated heterocycles. The summed E-state index contributed by atoms with van der Waals surface area (Å²) < 4.78 is 1.91. The Morgan fingerprint density at radius 1 is 1.53 bits per heavy atom. The van der Waals surface area contributed by atoms with Gasteiger partial charge in [0, 0.05) is 6.54 Å². The van der Waals surface area contributed by atoms with E-state index in [4.69, 9.17) is 16.9 Å². The zero-order valence-corrected chi connectivity index (χ0v) is 10.0. The van der Waals surface area contributed by atoms with Crippen molar-refractivity contribution in [2.24, 2.45) is 0 Å². The van der Waals surface area contributed by atoms with Gasteiger partial charge in [0.15, 0.2) is 0 Å². The first-order valence-corrected chi connectivity index (χ1v) is 5.67. The molecule has 1 heterocycles. The summed E-state index contributed by atoms with van der Waals surface area (Å²) >= 11 is 6.19. The van der Waals surface area contributed by atoms with Gasteiger partial charge in [-0.2, -0.15) is 5.26 Å². The molecule has 0 amide bonds. The van der Waals surface area contributed by atoms with E-state index in [1.165, 1.54) is 0 Å². The van der Waals surface area contributed by atoms with Gasteiger partial charge in [0.25, 0.3) is 0 Å². The standard InChI is InChI=1S/C11H16ClN3/c1-3-4-6-10-11(12)15(8-5-7-13)9(2)14-10/h3-6,8H2,1-2H3. The molecule has 3 nitrogen and oxygen atoms in total. The van der Waals surface area contributed by atoms with Gasteiger partial charge >= 0.3 is 0 Å². The molecule has 1 aromatic rings. The fraction of sp³-hybridized carbons (Fsp3) is 0.636. The monoisotopic (exact) mass is 225 g/mol. The number of hydrogen-bond acceptors (Lipinski definition) is 2. The first kappa shape index (κ1) is 12.1. The fourth-order valence-corrected chi connectivity index (χ4v) is 1.87. The van der Waals surface area contributed by atoms with Crippen LogP contribution in [0.3, 0.4) is 0 Å². The van der Waals surface area contributed by atoms with E-state index in [2.05, 4.69) is 18.0 Å². The highest BCUT2D eigenvalue weighted by Crippen LogP contribution is 2.20. The molecule has 82 valence electrons. The highest BCUT2D eigenvalue weighted by Gasteiger charge is 2.11. The minimum Gasteiger partial charge on any atom is -0.318 e. The molecule has 1 rings (SSSR count). The molecule has 1 aromatic heterocycles. The lowest BCUT2D eigenvalue weighted by atomic mass is 10.2. The number of nitrogens with zero attached hydrogens (tertiary/aromatic N) is 3. The minimum atomic E-state index is 0.476. The third-order valence-electron chi connectivity index (χ3n) is 2.38. The smallest absolute Gasteiger partial charge is 0.132 e. The van der Waals surface area contributed by atoms with Gasteiger partial charge in [0.05, 0.1) is 18.2 Å². The molecule has 0 atom stereocenters. The van der Waals surface area contributed by atoms with E-state index in [-0.39, 0.29) is 0 Å². The average Bonchev–Trinajstić information content (AvgIpc) is 2.49. The first-order chi connectivity index (χ1) is 7.20. The Bertz CT molecular complexity index is 363. The van der Waals surface area contributed by atoms with Crippen LogP contribution in [0.2, 0.25) is 5.15 Å². The Labute approximate surface area is 95.7 Å². The van der Waals surface area contributed by atoms with E-state index in [1.54, 1.807) is 0 Å². The van der Waals surface area contributed by atoms with E-state index < -0.39 is 0 Å². The Kier molecular flexibility index (Phi) is 4.64. The quantitative estimate of drug-likeness (QED) is 0.773. The second-order valence-corrected chi connectivity index (χ2v) is 3.92. The molecule has 0 aromatic carbocycles. The van der Waals surface area contributed by atoms with E-state index in [0.29, 0.717) is 18.1 Å². The number of rotatable bonds is 5. The zero-order chi connectivity index (χ0) is 11.3. The Morgan fingerprint density at radius 2 is 2.27 bits per heavy atom. The topological polar surface area (TPSA) is 41.6 Å². The third-order valence-corrected chi connectivity index (χ3v) is 2.80. The highest BCUT2D eigenvalue weighted by molar-refractivity contribution is 6.30. The Balaban J connectivity index is 2.79. The number of hydrogen-bond donors (Lipinski definition) is 0. The van der Waals surface area contributed by atoms with Crippen LogP contribution in [0.1, 0.15) is 37.7 Å². The van der Waals surface area contributed by atoms with Crippen LogP contribution >= 0.6 is 11.6 Å². The number of unbranched alkanes of at least 4 members (excludes halogenated alkanes) is 1. The lowest BCUT2D eigenvalue weighted by Gasteiger charge is -2.02. The van der Waals surface area contributed by atoms with Gasteiger partial charge in [0.1, 0.15) is 11.0 Å². The van der Waals surface area contributed by atoms with Crippen LogP contribution in [0.5, 0.6) is 0 Å². The van der Waals surface area contributed by atoms with Gasteiger partial charge in [-0.1, -0.05) is 24.9 Å². The number of imidazole rings is 1. The maximum atomic E-state index is 8.53. The lowest BCUT2D eigenvalue weighted by molar-refractivity contribution is 0.690. The second kappa shape index (κ2) is 5.77. The van der Waals surface area contributed by atoms with E-state index >= 15 is 0 Å². The molecule has 0 aliphatic heterocycles. The molecule has 0 unspecified atom stereocenters. The van der Waals surface area contributed by atoms with Crippen molar-refractivity contribution < 1.29 is 0 Å². The van der Waals surface area contributed by atoms with Crippen LogP contribution in [-0.2, 0) is 13.0 Å². The summed E-state index contributed by atoms with van der Waals surface area (Å²) in [5.41, 5.74) is 0.967. The fourth-order valence-electron chi connectivity index (χ4n) is 1.52. The van der Waals surface area contributed by atoms with E-state index in [9.17, 15) is 0 Å². The van der Waals surface area contributed by atoms with E-state index in [1.807, 2.05) is 11.5 Å². The SMILES string of the molecule is CCCCc1nc(C)n(CCC#N)c1Cl. The van der Waals surface area contributed by atoms with Gasteiger partial charge in [-0.3, -0.25) is 0 Å². The molecule has 4 heteroatoms. The van der Waals surface area contributed by atoms with Crippen molar-refractivity contribution in [2.75, 3.05) is 0 Å². The van der Waals surface area contributed by atoms with Crippen molar-refractivity contribution in [2.45, 2.75) is 46.1 Å². The van der Waals surface area contributed by atoms with Crippen LogP contribution in [0, 0.1) is 18.3 Å². The number of aryl methyl sites for hydroxylation is 2. The predicted molar refractivity (Wildman–Crippen MR) is 60.8 cm³/mol. The number of nitriles is 1. The second-order valence-electron chi connectivity index (χ2n) is 3.56. The highest BCUT2D eigenvalue weighted by atomic mass is 35.5. The average molecular weight is 226 g/mol. The number of aromatic nitrogens is 2. The molecule has 0 fully saturated rings. The minimum absolute atomic E-state index is 0.476. The van der Waals surface area contributed by atoms with Crippen molar-refractivity contribution in [1.82, 2.24) is 9.55 Å². The molecule has 0 aliphatic rings. The summed E-state index contributed by atoms with van der Waals surface area (Å²) in [6.07, 6.45) is 3.65. The molecule has 15 heavy (non-hydrogen) atoms. The van der Waals surface area contributed by atoms with Gasteiger partial charge in [-0.15, -0.1) is 0 Å². The summed E-state index contributed by atoms with van der Waals surface area (Å²) in [4.78, 5) is 4.42. The summed E-state index contributed by atoms with van der Waals surface area (Å²) in [7, 11) is 0. The summed E-state index contributed by atoms with van der Waals surface area (Å²) in [5, 5.41) is 9.24. The first-order valence-electron chi connectivity index (χ1n) is 5.29.